The van der Waals surface area contributed by atoms with Gasteiger partial charge in [-0.2, -0.15) is 0 Å². The number of benzene rings is 1. The van der Waals surface area contributed by atoms with E-state index in [2.05, 4.69) is 5.32 Å². The van der Waals surface area contributed by atoms with Crippen LogP contribution in [0.3, 0.4) is 0 Å². The van der Waals surface area contributed by atoms with Crippen molar-refractivity contribution in [2.24, 2.45) is 5.73 Å². The number of nitrogens with two attached hydrogens (primary N) is 1. The molecule has 0 aliphatic rings. The molecule has 120 valence electrons. The van der Waals surface area contributed by atoms with Gasteiger partial charge in [-0.1, -0.05) is 30.3 Å². The van der Waals surface area contributed by atoms with Crippen molar-refractivity contribution in [2.75, 3.05) is 13.2 Å². The van der Waals surface area contributed by atoms with Gasteiger partial charge in [0.25, 0.3) is 0 Å². The molecule has 0 aromatic heterocycles. The molecule has 0 radical (unpaired) electrons. The fourth-order valence-electron chi connectivity index (χ4n) is 2.03. The van der Waals surface area contributed by atoms with Gasteiger partial charge in [0.05, 0.1) is 25.1 Å². The van der Waals surface area contributed by atoms with Crippen LogP contribution in [0.5, 0.6) is 0 Å². The molecular formula is C15H21N3O4. The molecule has 1 rings (SSSR count). The lowest BCUT2D eigenvalue weighted by Gasteiger charge is -2.30. The number of carbonyl (C=O) groups is 3. The van der Waals surface area contributed by atoms with Crippen LogP contribution in [-0.4, -0.2) is 31.1 Å². The smallest absolute Gasteiger partial charge is 0.318 e. The molecule has 1 atom stereocenters. The highest BCUT2D eigenvalue weighted by Crippen LogP contribution is 2.24. The second-order valence-electron chi connectivity index (χ2n) is 4.95. The van der Waals surface area contributed by atoms with E-state index in [0.717, 1.165) is 5.56 Å². The van der Waals surface area contributed by atoms with Gasteiger partial charge < -0.3 is 10.5 Å². The number of amides is 3. The number of nitrogens with one attached hydrogen (secondary N) is 2. The molecule has 0 spiro atoms. The minimum Gasteiger partial charge on any atom is -0.466 e. The number of ether oxygens (including phenoxy) is 1. The third-order valence-electron chi connectivity index (χ3n) is 3.12. The van der Waals surface area contributed by atoms with E-state index in [9.17, 15) is 14.4 Å². The minimum atomic E-state index is -0.918. The van der Waals surface area contributed by atoms with Gasteiger partial charge in [0, 0.05) is 0 Å². The van der Waals surface area contributed by atoms with Crippen molar-refractivity contribution in [3.63, 3.8) is 0 Å². The largest absolute Gasteiger partial charge is 0.466 e. The predicted molar refractivity (Wildman–Crippen MR) is 80.8 cm³/mol. The van der Waals surface area contributed by atoms with Gasteiger partial charge in [-0.05, 0) is 19.4 Å². The quantitative estimate of drug-likeness (QED) is 0.640. The van der Waals surface area contributed by atoms with Crippen LogP contribution in [0.4, 0.5) is 4.79 Å². The summed E-state index contributed by atoms with van der Waals surface area (Å²) in [5.41, 5.74) is 4.92. The van der Waals surface area contributed by atoms with Crippen LogP contribution in [0.25, 0.3) is 0 Å². The molecule has 7 nitrogen and oxygen atoms in total. The fraction of sp³-hybridized carbons (Fsp3) is 0.400. The lowest BCUT2D eigenvalue weighted by molar-refractivity contribution is -0.145. The van der Waals surface area contributed by atoms with Gasteiger partial charge in [-0.3, -0.25) is 20.2 Å². The Balaban J connectivity index is 2.85. The Morgan fingerprint density at radius 3 is 2.41 bits per heavy atom. The van der Waals surface area contributed by atoms with Crippen molar-refractivity contribution in [1.29, 1.82) is 0 Å². The molecule has 1 aromatic carbocycles. The van der Waals surface area contributed by atoms with Gasteiger partial charge in [0.2, 0.25) is 5.91 Å². The molecule has 0 aliphatic carbocycles. The third-order valence-corrected chi connectivity index (χ3v) is 3.12. The van der Waals surface area contributed by atoms with E-state index in [0.29, 0.717) is 0 Å². The summed E-state index contributed by atoms with van der Waals surface area (Å²) in [5, 5.41) is 4.95. The predicted octanol–water partition coefficient (Wildman–Crippen LogP) is 0.640. The Hall–Kier alpha value is -2.41. The maximum Gasteiger partial charge on any atom is 0.318 e. The summed E-state index contributed by atoms with van der Waals surface area (Å²) in [6.07, 6.45) is 0.0503. The summed E-state index contributed by atoms with van der Waals surface area (Å²) in [4.78, 5) is 34.0. The molecule has 0 heterocycles. The third kappa shape index (κ3) is 5.53. The van der Waals surface area contributed by atoms with Gasteiger partial charge in [0.15, 0.2) is 0 Å². The van der Waals surface area contributed by atoms with Crippen LogP contribution in [0.2, 0.25) is 0 Å². The van der Waals surface area contributed by atoms with Crippen LogP contribution < -0.4 is 16.4 Å². The van der Waals surface area contributed by atoms with Gasteiger partial charge >= 0.3 is 12.0 Å². The Labute approximate surface area is 129 Å². The van der Waals surface area contributed by atoms with Crippen molar-refractivity contribution in [1.82, 2.24) is 10.6 Å². The number of rotatable bonds is 7. The second-order valence-corrected chi connectivity index (χ2v) is 4.95. The minimum absolute atomic E-state index is 0.0503. The fourth-order valence-corrected chi connectivity index (χ4v) is 2.03. The zero-order chi connectivity index (χ0) is 16.6. The van der Waals surface area contributed by atoms with Crippen LogP contribution in [-0.2, 0) is 19.9 Å². The highest BCUT2D eigenvalue weighted by atomic mass is 16.5. The Morgan fingerprint density at radius 2 is 1.86 bits per heavy atom. The second kappa shape index (κ2) is 8.14. The highest BCUT2D eigenvalue weighted by Gasteiger charge is 2.30. The molecule has 0 fully saturated rings. The first kappa shape index (κ1) is 17.6. The van der Waals surface area contributed by atoms with Gasteiger partial charge in [-0.25, -0.2) is 4.79 Å². The lowest BCUT2D eigenvalue weighted by Crippen LogP contribution is -2.48. The molecule has 0 bridgehead atoms. The molecule has 0 aliphatic heterocycles. The molecular weight excluding hydrogens is 286 g/mol. The molecule has 4 N–H and O–H groups in total. The first-order valence-electron chi connectivity index (χ1n) is 6.93. The number of primary amides is 1. The zero-order valence-electron chi connectivity index (χ0n) is 12.7. The van der Waals surface area contributed by atoms with E-state index in [1.54, 1.807) is 13.8 Å². The number of carbonyl (C=O) groups excluding carboxylic acids is 3. The monoisotopic (exact) mass is 307 g/mol. The number of imide groups is 1. The summed E-state index contributed by atoms with van der Waals surface area (Å²) < 4.78 is 4.98. The van der Waals surface area contributed by atoms with Crippen LogP contribution >= 0.6 is 0 Å². The molecule has 0 unspecified atom stereocenters. The normalized spacial score (nSPS) is 13.0. The maximum absolute atomic E-state index is 11.8. The first-order chi connectivity index (χ1) is 10.4. The van der Waals surface area contributed by atoms with Gasteiger partial charge in [0.1, 0.15) is 0 Å². The number of urea groups is 1. The standard InChI is InChI=1S/C15H21N3O4/c1-3-22-13(20)9-15(2,11-7-5-4-6-8-11)17-10-12(19)18-14(16)21/h4-8,17H,3,9-10H2,1-2H3,(H3,16,18,19,21)/t15-/m0/s1. The first-order valence-corrected chi connectivity index (χ1v) is 6.93. The van der Waals surface area contributed by atoms with Crippen molar-refractivity contribution in [3.8, 4) is 0 Å². The summed E-state index contributed by atoms with van der Waals surface area (Å²) >= 11 is 0. The van der Waals surface area contributed by atoms with Gasteiger partial charge in [-0.15, -0.1) is 0 Å². The molecule has 0 saturated heterocycles. The summed E-state index contributed by atoms with van der Waals surface area (Å²) in [5.74, 6) is -0.949. The number of esters is 1. The van der Waals surface area contributed by atoms with E-state index in [1.807, 2.05) is 35.6 Å². The van der Waals surface area contributed by atoms with Crippen molar-refractivity contribution in [3.05, 3.63) is 35.9 Å². The Kier molecular flexibility index (Phi) is 6.52. The van der Waals surface area contributed by atoms with E-state index in [1.165, 1.54) is 0 Å². The molecule has 7 heteroatoms. The molecule has 0 saturated carbocycles. The molecule has 3 amide bonds. The topological polar surface area (TPSA) is 111 Å². The Bertz CT molecular complexity index is 533. The lowest BCUT2D eigenvalue weighted by atomic mass is 9.88. The van der Waals surface area contributed by atoms with Crippen molar-refractivity contribution >= 4 is 17.9 Å². The number of hydrogen-bond donors (Lipinski definition) is 3. The summed E-state index contributed by atoms with van der Waals surface area (Å²) in [7, 11) is 0. The summed E-state index contributed by atoms with van der Waals surface area (Å²) in [6.45, 7) is 3.64. The van der Waals surface area contributed by atoms with Crippen molar-refractivity contribution in [2.45, 2.75) is 25.8 Å². The average Bonchev–Trinajstić information content (AvgIpc) is 2.46. The maximum atomic E-state index is 11.8. The molecule has 22 heavy (non-hydrogen) atoms. The van der Waals surface area contributed by atoms with E-state index >= 15 is 0 Å². The van der Waals surface area contributed by atoms with Crippen molar-refractivity contribution < 1.29 is 19.1 Å². The SMILES string of the molecule is CCOC(=O)C[C@](C)(NCC(=O)NC(N)=O)c1ccccc1. The summed E-state index contributed by atoms with van der Waals surface area (Å²) in [6, 6.07) is 8.30. The average molecular weight is 307 g/mol. The van der Waals surface area contributed by atoms with Crippen LogP contribution in [0, 0.1) is 0 Å². The highest BCUT2D eigenvalue weighted by molar-refractivity contribution is 5.94. The van der Waals surface area contributed by atoms with Crippen LogP contribution in [0.1, 0.15) is 25.8 Å². The number of hydrogen-bond acceptors (Lipinski definition) is 5. The van der Waals surface area contributed by atoms with E-state index < -0.39 is 17.5 Å². The Morgan fingerprint density at radius 1 is 1.23 bits per heavy atom. The zero-order valence-corrected chi connectivity index (χ0v) is 12.7. The van der Waals surface area contributed by atoms with E-state index in [-0.39, 0.29) is 25.5 Å². The molecule has 1 aromatic rings. The van der Waals surface area contributed by atoms with E-state index in [4.69, 9.17) is 10.5 Å². The van der Waals surface area contributed by atoms with Crippen LogP contribution in [0.15, 0.2) is 30.3 Å².